The summed E-state index contributed by atoms with van der Waals surface area (Å²) in [6.45, 7) is 4.90. The highest BCUT2D eigenvalue weighted by Crippen LogP contribution is 2.33. The van der Waals surface area contributed by atoms with E-state index in [4.69, 9.17) is 27.9 Å². The molecule has 2 aromatic rings. The Morgan fingerprint density at radius 1 is 1.09 bits per heavy atom. The fourth-order valence-electron chi connectivity index (χ4n) is 3.33. The molecule has 0 heterocycles. The number of carbonyl (C=O) groups is 2. The first kappa shape index (κ1) is 28.7. The number of halogens is 2. The molecular formula is C24H31Cl2N3O5S. The van der Waals surface area contributed by atoms with Gasteiger partial charge in [0.05, 0.1) is 19.1 Å². The smallest absolute Gasteiger partial charge is 0.244 e. The Labute approximate surface area is 217 Å². The van der Waals surface area contributed by atoms with E-state index in [1.54, 1.807) is 37.3 Å². The largest absolute Gasteiger partial charge is 0.495 e. The molecule has 0 fully saturated rings. The highest BCUT2D eigenvalue weighted by Gasteiger charge is 2.31. The van der Waals surface area contributed by atoms with Crippen molar-refractivity contribution in [2.24, 2.45) is 0 Å². The summed E-state index contributed by atoms with van der Waals surface area (Å²) in [4.78, 5) is 27.8. The van der Waals surface area contributed by atoms with Gasteiger partial charge in [-0.15, -0.1) is 0 Å². The van der Waals surface area contributed by atoms with Crippen molar-refractivity contribution in [3.05, 3.63) is 58.1 Å². The number of methoxy groups -OCH3 is 1. The number of benzene rings is 2. The van der Waals surface area contributed by atoms with Crippen LogP contribution in [0.5, 0.6) is 5.75 Å². The first-order valence-corrected chi connectivity index (χ1v) is 13.6. The van der Waals surface area contributed by atoms with Gasteiger partial charge in [-0.05, 0) is 56.2 Å². The molecule has 11 heteroatoms. The molecule has 0 saturated carbocycles. The Balaban J connectivity index is 2.46. The lowest BCUT2D eigenvalue weighted by atomic mass is 10.1. The lowest BCUT2D eigenvalue weighted by Crippen LogP contribution is -2.52. The molecule has 0 aliphatic rings. The van der Waals surface area contributed by atoms with E-state index in [1.807, 2.05) is 13.8 Å². The molecule has 0 saturated heterocycles. The normalized spacial score (nSPS) is 13.0. The number of anilines is 1. The molecule has 0 aliphatic heterocycles. The number of carbonyl (C=O) groups excluding carboxylic acids is 2. The second kappa shape index (κ2) is 12.5. The molecule has 2 atom stereocenters. The molecule has 2 unspecified atom stereocenters. The monoisotopic (exact) mass is 543 g/mol. The topological polar surface area (TPSA) is 96.0 Å². The van der Waals surface area contributed by atoms with Gasteiger partial charge in [-0.2, -0.15) is 0 Å². The molecule has 2 amide bonds. The number of amides is 2. The third kappa shape index (κ3) is 8.02. The number of nitrogens with zero attached hydrogens (tertiary/aromatic N) is 2. The lowest BCUT2D eigenvalue weighted by Gasteiger charge is -2.32. The van der Waals surface area contributed by atoms with Crippen LogP contribution in [0.25, 0.3) is 0 Å². The summed E-state index contributed by atoms with van der Waals surface area (Å²) in [6, 6.07) is 10.4. The molecule has 8 nitrogen and oxygen atoms in total. The summed E-state index contributed by atoms with van der Waals surface area (Å²) >= 11 is 12.2. The average Bonchev–Trinajstić information content (AvgIpc) is 2.79. The van der Waals surface area contributed by atoms with E-state index in [1.165, 1.54) is 24.1 Å². The number of rotatable bonds is 11. The van der Waals surface area contributed by atoms with Gasteiger partial charge >= 0.3 is 0 Å². The number of nitrogens with one attached hydrogen (secondary N) is 1. The van der Waals surface area contributed by atoms with Crippen LogP contribution in [0.2, 0.25) is 10.0 Å². The molecule has 2 rings (SSSR count). The number of sulfonamides is 1. The van der Waals surface area contributed by atoms with Gasteiger partial charge in [0.1, 0.15) is 18.3 Å². The van der Waals surface area contributed by atoms with Crippen LogP contribution in [0.1, 0.15) is 32.8 Å². The SMILES string of the molecule is CCC(C)NC(=O)C(C)N(Cc1cccc(Cl)c1)C(=O)CN(c1cc(Cl)ccc1OC)S(C)(=O)=O. The van der Waals surface area contributed by atoms with E-state index >= 15 is 0 Å². The fraction of sp³-hybridized carbons (Fsp3) is 0.417. The molecule has 1 N–H and O–H groups in total. The van der Waals surface area contributed by atoms with Crippen LogP contribution in [0.4, 0.5) is 5.69 Å². The molecule has 0 aromatic heterocycles. The van der Waals surface area contributed by atoms with Gasteiger partial charge in [-0.3, -0.25) is 13.9 Å². The highest BCUT2D eigenvalue weighted by molar-refractivity contribution is 7.92. The highest BCUT2D eigenvalue weighted by atomic mass is 35.5. The molecule has 0 spiro atoms. The minimum atomic E-state index is -3.92. The summed E-state index contributed by atoms with van der Waals surface area (Å²) in [5.74, 6) is -0.693. The quantitative estimate of drug-likeness (QED) is 0.460. The second-order valence-electron chi connectivity index (χ2n) is 8.23. The summed E-state index contributed by atoms with van der Waals surface area (Å²) in [7, 11) is -2.53. The minimum absolute atomic E-state index is 0.0543. The zero-order chi connectivity index (χ0) is 26.3. The van der Waals surface area contributed by atoms with E-state index in [-0.39, 0.29) is 35.0 Å². The van der Waals surface area contributed by atoms with E-state index < -0.39 is 28.5 Å². The second-order valence-corrected chi connectivity index (χ2v) is 11.0. The molecule has 2 aromatic carbocycles. The predicted octanol–water partition coefficient (Wildman–Crippen LogP) is 4.10. The average molecular weight is 545 g/mol. The molecule has 192 valence electrons. The van der Waals surface area contributed by atoms with Crippen molar-refractivity contribution in [2.75, 3.05) is 24.2 Å². The first-order chi connectivity index (χ1) is 16.4. The van der Waals surface area contributed by atoms with Crippen molar-refractivity contribution in [2.45, 2.75) is 45.8 Å². The van der Waals surface area contributed by atoms with Gasteiger partial charge < -0.3 is 15.0 Å². The van der Waals surface area contributed by atoms with Gasteiger partial charge in [0.25, 0.3) is 0 Å². The van der Waals surface area contributed by atoms with Gasteiger partial charge in [-0.1, -0.05) is 42.3 Å². The van der Waals surface area contributed by atoms with E-state index in [0.717, 1.165) is 17.0 Å². The molecule has 35 heavy (non-hydrogen) atoms. The Morgan fingerprint density at radius 3 is 2.31 bits per heavy atom. The molecular weight excluding hydrogens is 513 g/mol. The van der Waals surface area contributed by atoms with Crippen molar-refractivity contribution in [1.82, 2.24) is 10.2 Å². The maximum Gasteiger partial charge on any atom is 0.244 e. The van der Waals surface area contributed by atoms with Crippen LogP contribution in [0, 0.1) is 0 Å². The van der Waals surface area contributed by atoms with E-state index in [0.29, 0.717) is 10.6 Å². The predicted molar refractivity (Wildman–Crippen MR) is 140 cm³/mol. The number of hydrogen-bond donors (Lipinski definition) is 1. The first-order valence-electron chi connectivity index (χ1n) is 11.0. The maximum atomic E-state index is 13.6. The molecule has 0 radical (unpaired) electrons. The zero-order valence-electron chi connectivity index (χ0n) is 20.4. The van der Waals surface area contributed by atoms with E-state index in [2.05, 4.69) is 5.32 Å². The van der Waals surface area contributed by atoms with Crippen molar-refractivity contribution in [3.8, 4) is 5.75 Å². The van der Waals surface area contributed by atoms with Gasteiger partial charge in [0.15, 0.2) is 0 Å². The van der Waals surface area contributed by atoms with Gasteiger partial charge in [0.2, 0.25) is 21.8 Å². The molecule has 0 aliphatic carbocycles. The van der Waals surface area contributed by atoms with Crippen molar-refractivity contribution in [3.63, 3.8) is 0 Å². The molecule has 0 bridgehead atoms. The third-order valence-corrected chi connectivity index (χ3v) is 7.10. The van der Waals surface area contributed by atoms with Crippen molar-refractivity contribution in [1.29, 1.82) is 0 Å². The van der Waals surface area contributed by atoms with Crippen molar-refractivity contribution >= 4 is 50.7 Å². The van der Waals surface area contributed by atoms with E-state index in [9.17, 15) is 18.0 Å². The fourth-order valence-corrected chi connectivity index (χ4v) is 4.56. The Hall–Kier alpha value is -2.49. The number of ether oxygens (including phenoxy) is 1. The van der Waals surface area contributed by atoms with Gasteiger partial charge in [-0.25, -0.2) is 8.42 Å². The Bertz CT molecular complexity index is 1160. The maximum absolute atomic E-state index is 13.6. The zero-order valence-corrected chi connectivity index (χ0v) is 22.7. The van der Waals surface area contributed by atoms with Crippen LogP contribution in [-0.4, -0.2) is 57.1 Å². The Kier molecular flexibility index (Phi) is 10.2. The van der Waals surface area contributed by atoms with Crippen LogP contribution >= 0.6 is 23.2 Å². The van der Waals surface area contributed by atoms with Crippen LogP contribution in [-0.2, 0) is 26.2 Å². The minimum Gasteiger partial charge on any atom is -0.495 e. The van der Waals surface area contributed by atoms with Crippen molar-refractivity contribution < 1.29 is 22.7 Å². The standard InChI is InChI=1S/C24H31Cl2N3O5S/c1-6-16(2)27-24(31)17(3)28(14-18-8-7-9-19(25)12-18)23(30)15-29(35(5,32)33)21-13-20(26)10-11-22(21)34-4/h7-13,16-17H,6,14-15H2,1-5H3,(H,27,31). The summed E-state index contributed by atoms with van der Waals surface area (Å²) in [6.07, 6.45) is 1.71. The van der Waals surface area contributed by atoms with Crippen LogP contribution in [0.15, 0.2) is 42.5 Å². The van der Waals surface area contributed by atoms with Crippen LogP contribution in [0.3, 0.4) is 0 Å². The van der Waals surface area contributed by atoms with Gasteiger partial charge in [0, 0.05) is 22.6 Å². The summed E-state index contributed by atoms with van der Waals surface area (Å²) in [5, 5.41) is 3.63. The Morgan fingerprint density at radius 2 is 1.74 bits per heavy atom. The lowest BCUT2D eigenvalue weighted by molar-refractivity contribution is -0.139. The summed E-state index contributed by atoms with van der Waals surface area (Å²) < 4.78 is 31.7. The third-order valence-electron chi connectivity index (χ3n) is 5.50. The number of hydrogen-bond acceptors (Lipinski definition) is 5. The summed E-state index contributed by atoms with van der Waals surface area (Å²) in [5.41, 5.74) is 0.815. The van der Waals surface area contributed by atoms with Crippen LogP contribution < -0.4 is 14.4 Å².